The number of halogens is 1. The fourth-order valence-corrected chi connectivity index (χ4v) is 2.64. The van der Waals surface area contributed by atoms with E-state index in [0.29, 0.717) is 5.69 Å². The van der Waals surface area contributed by atoms with Gasteiger partial charge in [-0.3, -0.25) is 4.79 Å². The summed E-state index contributed by atoms with van der Waals surface area (Å²) in [5.74, 6) is -0.0855. The van der Waals surface area contributed by atoms with Crippen molar-refractivity contribution in [2.24, 2.45) is 0 Å². The van der Waals surface area contributed by atoms with Gasteiger partial charge in [0.05, 0.1) is 11.1 Å². The molecular formula is C14H13BrN2O. The van der Waals surface area contributed by atoms with Crippen LogP contribution in [0.25, 0.3) is 10.9 Å². The third-order valence-corrected chi connectivity index (χ3v) is 4.39. The highest BCUT2D eigenvalue weighted by molar-refractivity contribution is 9.09. The van der Waals surface area contributed by atoms with Gasteiger partial charge in [0, 0.05) is 10.7 Å². The summed E-state index contributed by atoms with van der Waals surface area (Å²) in [6.45, 7) is 0. The smallest absolute Gasteiger partial charge is 0.270 e. The number of hydrogen-bond donors (Lipinski definition) is 1. The molecule has 2 aromatic rings. The lowest BCUT2D eigenvalue weighted by Crippen LogP contribution is -2.38. The Hall–Kier alpha value is -1.42. The number of rotatable bonds is 3. The van der Waals surface area contributed by atoms with E-state index in [-0.39, 0.29) is 11.4 Å². The first-order chi connectivity index (χ1) is 8.72. The molecule has 92 valence electrons. The first-order valence-electron chi connectivity index (χ1n) is 5.97. The molecule has 1 amide bonds. The number of aromatic nitrogens is 1. The Morgan fingerprint density at radius 2 is 2.06 bits per heavy atom. The van der Waals surface area contributed by atoms with Gasteiger partial charge in [-0.15, -0.1) is 0 Å². The second kappa shape index (κ2) is 4.35. The molecular weight excluding hydrogens is 292 g/mol. The molecule has 0 unspecified atom stereocenters. The predicted octanol–water partition coefficient (Wildman–Crippen LogP) is 2.89. The van der Waals surface area contributed by atoms with Crippen molar-refractivity contribution >= 4 is 32.7 Å². The van der Waals surface area contributed by atoms with E-state index < -0.39 is 0 Å². The molecule has 1 saturated carbocycles. The second-order valence-corrected chi connectivity index (χ2v) is 5.32. The molecule has 3 rings (SSSR count). The van der Waals surface area contributed by atoms with E-state index in [2.05, 4.69) is 26.2 Å². The van der Waals surface area contributed by atoms with Crippen molar-refractivity contribution < 1.29 is 4.79 Å². The number of para-hydroxylation sites is 1. The third-order valence-electron chi connectivity index (χ3n) is 3.32. The molecule has 1 aromatic heterocycles. The molecule has 1 aromatic carbocycles. The van der Waals surface area contributed by atoms with Crippen LogP contribution in [0.15, 0.2) is 36.4 Å². The molecule has 1 aliphatic carbocycles. The average molecular weight is 305 g/mol. The summed E-state index contributed by atoms with van der Waals surface area (Å²) < 4.78 is 0. The molecule has 1 heterocycles. The second-order valence-electron chi connectivity index (χ2n) is 4.76. The maximum absolute atomic E-state index is 12.1. The van der Waals surface area contributed by atoms with Gasteiger partial charge in [0.25, 0.3) is 5.91 Å². The molecule has 1 fully saturated rings. The van der Waals surface area contributed by atoms with Crippen molar-refractivity contribution in [2.75, 3.05) is 5.33 Å². The van der Waals surface area contributed by atoms with Crippen LogP contribution in [0, 0.1) is 0 Å². The van der Waals surface area contributed by atoms with Crippen LogP contribution in [0.3, 0.4) is 0 Å². The number of fused-ring (bicyclic) bond motifs is 1. The van der Waals surface area contributed by atoms with Crippen LogP contribution in [0.4, 0.5) is 0 Å². The largest absolute Gasteiger partial charge is 0.344 e. The fourth-order valence-electron chi connectivity index (χ4n) is 1.94. The number of amides is 1. The summed E-state index contributed by atoms with van der Waals surface area (Å²) in [7, 11) is 0. The molecule has 0 bridgehead atoms. The van der Waals surface area contributed by atoms with Gasteiger partial charge in [-0.25, -0.2) is 4.98 Å². The minimum Gasteiger partial charge on any atom is -0.344 e. The summed E-state index contributed by atoms with van der Waals surface area (Å²) in [5.41, 5.74) is 1.31. The number of hydrogen-bond acceptors (Lipinski definition) is 2. The first kappa shape index (κ1) is 11.7. The standard InChI is InChI=1S/C14H13BrN2O/c15-9-14(7-8-14)17-13(18)12-6-5-10-3-1-2-4-11(10)16-12/h1-6H,7-9H2,(H,17,18). The van der Waals surface area contributed by atoms with Crippen LogP contribution >= 0.6 is 15.9 Å². The zero-order valence-corrected chi connectivity index (χ0v) is 11.4. The number of benzene rings is 1. The van der Waals surface area contributed by atoms with E-state index in [9.17, 15) is 4.79 Å². The molecule has 1 N–H and O–H groups in total. The number of nitrogens with one attached hydrogen (secondary N) is 1. The van der Waals surface area contributed by atoms with Gasteiger partial charge in [0.1, 0.15) is 5.69 Å². The SMILES string of the molecule is O=C(NC1(CBr)CC1)c1ccc2ccccc2n1. The molecule has 3 nitrogen and oxygen atoms in total. The number of carbonyl (C=O) groups is 1. The van der Waals surface area contributed by atoms with Crippen LogP contribution in [-0.4, -0.2) is 21.8 Å². The van der Waals surface area contributed by atoms with E-state index >= 15 is 0 Å². The minimum atomic E-state index is -0.0855. The molecule has 0 aliphatic heterocycles. The van der Waals surface area contributed by atoms with Crippen molar-refractivity contribution in [1.82, 2.24) is 10.3 Å². The summed E-state index contributed by atoms with van der Waals surface area (Å²) in [6, 6.07) is 11.5. The van der Waals surface area contributed by atoms with Crippen molar-refractivity contribution in [3.05, 3.63) is 42.1 Å². The van der Waals surface area contributed by atoms with E-state index in [0.717, 1.165) is 29.1 Å². The Morgan fingerprint density at radius 3 is 2.78 bits per heavy atom. The Kier molecular flexibility index (Phi) is 2.82. The molecule has 1 aliphatic rings. The van der Waals surface area contributed by atoms with E-state index in [1.807, 2.05) is 30.3 Å². The van der Waals surface area contributed by atoms with Gasteiger partial charge in [0.15, 0.2) is 0 Å². The minimum absolute atomic E-state index is 0.0373. The topological polar surface area (TPSA) is 42.0 Å². The molecule has 18 heavy (non-hydrogen) atoms. The number of nitrogens with zero attached hydrogens (tertiary/aromatic N) is 1. The number of alkyl halides is 1. The molecule has 4 heteroatoms. The van der Waals surface area contributed by atoms with Crippen molar-refractivity contribution in [3.8, 4) is 0 Å². The molecule has 0 saturated heterocycles. The molecule has 0 atom stereocenters. The van der Waals surface area contributed by atoms with Gasteiger partial charge in [-0.2, -0.15) is 0 Å². The normalized spacial score (nSPS) is 16.5. The lowest BCUT2D eigenvalue weighted by molar-refractivity contribution is 0.0932. The summed E-state index contributed by atoms with van der Waals surface area (Å²) >= 11 is 3.44. The molecule has 0 radical (unpaired) electrons. The van der Waals surface area contributed by atoms with Gasteiger partial charge in [0.2, 0.25) is 0 Å². The van der Waals surface area contributed by atoms with Crippen molar-refractivity contribution in [2.45, 2.75) is 18.4 Å². The van der Waals surface area contributed by atoms with Crippen molar-refractivity contribution in [3.63, 3.8) is 0 Å². The Bertz CT molecular complexity index is 608. The lowest BCUT2D eigenvalue weighted by atomic mass is 10.2. The number of carbonyl (C=O) groups excluding carboxylic acids is 1. The number of pyridine rings is 1. The maximum atomic E-state index is 12.1. The summed E-state index contributed by atoms with van der Waals surface area (Å²) in [6.07, 6.45) is 2.08. The van der Waals surface area contributed by atoms with Crippen LogP contribution < -0.4 is 5.32 Å². The maximum Gasteiger partial charge on any atom is 0.270 e. The lowest BCUT2D eigenvalue weighted by Gasteiger charge is -2.13. The summed E-state index contributed by atoms with van der Waals surface area (Å²) in [5, 5.41) is 4.91. The quantitative estimate of drug-likeness (QED) is 0.886. The van der Waals surface area contributed by atoms with E-state index in [4.69, 9.17) is 0 Å². The van der Waals surface area contributed by atoms with Crippen LogP contribution in [0.1, 0.15) is 23.3 Å². The Morgan fingerprint density at radius 1 is 1.28 bits per heavy atom. The molecule has 0 spiro atoms. The highest BCUT2D eigenvalue weighted by atomic mass is 79.9. The zero-order valence-electron chi connectivity index (χ0n) is 9.82. The van der Waals surface area contributed by atoms with Gasteiger partial charge in [-0.05, 0) is 25.0 Å². The Labute approximate surface area is 114 Å². The van der Waals surface area contributed by atoms with Crippen LogP contribution in [0.2, 0.25) is 0 Å². The highest BCUT2D eigenvalue weighted by Crippen LogP contribution is 2.37. The van der Waals surface area contributed by atoms with E-state index in [1.54, 1.807) is 6.07 Å². The summed E-state index contributed by atoms with van der Waals surface area (Å²) in [4.78, 5) is 16.5. The fraction of sp³-hybridized carbons (Fsp3) is 0.286. The Balaban J connectivity index is 1.87. The van der Waals surface area contributed by atoms with E-state index in [1.165, 1.54) is 0 Å². The third kappa shape index (κ3) is 2.12. The average Bonchev–Trinajstić information content (AvgIpc) is 3.18. The van der Waals surface area contributed by atoms with Gasteiger partial charge < -0.3 is 5.32 Å². The zero-order chi connectivity index (χ0) is 12.6. The van der Waals surface area contributed by atoms with Gasteiger partial charge in [-0.1, -0.05) is 40.2 Å². The highest BCUT2D eigenvalue weighted by Gasteiger charge is 2.43. The predicted molar refractivity (Wildman–Crippen MR) is 75.0 cm³/mol. The monoisotopic (exact) mass is 304 g/mol. The van der Waals surface area contributed by atoms with Crippen molar-refractivity contribution in [1.29, 1.82) is 0 Å². The van der Waals surface area contributed by atoms with Crippen LogP contribution in [-0.2, 0) is 0 Å². The van der Waals surface area contributed by atoms with Gasteiger partial charge >= 0.3 is 0 Å². The first-order valence-corrected chi connectivity index (χ1v) is 7.09. The van der Waals surface area contributed by atoms with Crippen LogP contribution in [0.5, 0.6) is 0 Å².